The van der Waals surface area contributed by atoms with Gasteiger partial charge < -0.3 is 4.42 Å². The SMILES string of the molecule is [2H]c1c([2H])c([2H])c(-c2ccc3c(c2)oc2cccc(-c4ccc5cc(-c6c7ccccc7c(-c7c([2H])c([2H])c([2H])c([2H])c7[2H])c7ccccc67)c6ccccc6c5c4)c23)c([2H])c1[2H]. The molecule has 10 aromatic carbocycles. The van der Waals surface area contributed by atoms with Gasteiger partial charge in [0.05, 0.1) is 13.7 Å². The van der Waals surface area contributed by atoms with Crippen LogP contribution < -0.4 is 0 Å². The molecule has 1 heteroatoms. The van der Waals surface area contributed by atoms with Gasteiger partial charge in [0, 0.05) is 10.8 Å². The molecule has 0 atom stereocenters. The highest BCUT2D eigenvalue weighted by Gasteiger charge is 2.20. The van der Waals surface area contributed by atoms with Crippen molar-refractivity contribution in [2.24, 2.45) is 0 Å². The molecule has 11 rings (SSSR count). The van der Waals surface area contributed by atoms with Crippen molar-refractivity contribution in [2.75, 3.05) is 0 Å². The van der Waals surface area contributed by atoms with Gasteiger partial charge in [-0.15, -0.1) is 0 Å². The van der Waals surface area contributed by atoms with Gasteiger partial charge in [0.15, 0.2) is 0 Å². The van der Waals surface area contributed by atoms with Gasteiger partial charge in [-0.3, -0.25) is 0 Å². The zero-order chi connectivity index (χ0) is 43.6. The predicted octanol–water partition coefficient (Wildman–Crippen LogP) is 14.9. The van der Waals surface area contributed by atoms with E-state index in [0.29, 0.717) is 22.3 Å². The molecule has 246 valence electrons. The molecule has 0 bridgehead atoms. The van der Waals surface area contributed by atoms with Crippen molar-refractivity contribution in [2.45, 2.75) is 0 Å². The fourth-order valence-corrected chi connectivity index (χ4v) is 8.15. The lowest BCUT2D eigenvalue weighted by atomic mass is 9.83. The summed E-state index contributed by atoms with van der Waals surface area (Å²) >= 11 is 0. The average molecular weight is 683 g/mol. The highest BCUT2D eigenvalue weighted by atomic mass is 16.3. The van der Waals surface area contributed by atoms with E-state index < -0.39 is 12.1 Å². The van der Waals surface area contributed by atoms with E-state index in [0.717, 1.165) is 76.1 Å². The first kappa shape index (κ1) is 21.4. The zero-order valence-electron chi connectivity index (χ0n) is 38.1. The maximum absolute atomic E-state index is 8.96. The van der Waals surface area contributed by atoms with E-state index in [4.69, 9.17) is 18.1 Å². The fourth-order valence-electron chi connectivity index (χ4n) is 8.15. The van der Waals surface area contributed by atoms with Crippen LogP contribution >= 0.6 is 0 Å². The zero-order valence-corrected chi connectivity index (χ0v) is 28.1. The molecular weight excluding hydrogens is 641 g/mol. The van der Waals surface area contributed by atoms with Crippen LogP contribution in [-0.4, -0.2) is 0 Å². The van der Waals surface area contributed by atoms with E-state index in [1.165, 1.54) is 0 Å². The second-order valence-electron chi connectivity index (χ2n) is 13.2. The minimum Gasteiger partial charge on any atom is -0.456 e. The second kappa shape index (κ2) is 11.8. The van der Waals surface area contributed by atoms with E-state index in [9.17, 15) is 0 Å². The van der Waals surface area contributed by atoms with Gasteiger partial charge in [0.2, 0.25) is 0 Å². The highest BCUT2D eigenvalue weighted by Crippen LogP contribution is 2.47. The quantitative estimate of drug-likeness (QED) is 0.133. The summed E-state index contributed by atoms with van der Waals surface area (Å²) in [6.45, 7) is 0. The smallest absolute Gasteiger partial charge is 0.136 e. The van der Waals surface area contributed by atoms with Gasteiger partial charge in [-0.25, -0.2) is 0 Å². The van der Waals surface area contributed by atoms with E-state index in [-0.39, 0.29) is 59.5 Å². The largest absolute Gasteiger partial charge is 0.456 e. The third kappa shape index (κ3) is 4.64. The highest BCUT2D eigenvalue weighted by molar-refractivity contribution is 6.26. The van der Waals surface area contributed by atoms with Crippen molar-refractivity contribution in [3.63, 3.8) is 0 Å². The lowest BCUT2D eigenvalue weighted by molar-refractivity contribution is 0.669. The van der Waals surface area contributed by atoms with Crippen LogP contribution in [-0.2, 0) is 0 Å². The Kier molecular flexibility index (Phi) is 4.77. The molecule has 0 N–H and O–H groups in total. The molecule has 0 aliphatic rings. The molecule has 0 saturated carbocycles. The third-order valence-corrected chi connectivity index (χ3v) is 10.4. The van der Waals surface area contributed by atoms with Crippen molar-refractivity contribution in [1.82, 2.24) is 0 Å². The van der Waals surface area contributed by atoms with E-state index in [1.54, 1.807) is 12.1 Å². The monoisotopic (exact) mass is 682 g/mol. The lowest BCUT2D eigenvalue weighted by Gasteiger charge is -2.19. The summed E-state index contributed by atoms with van der Waals surface area (Å²) in [6.07, 6.45) is 0. The van der Waals surface area contributed by atoms with Gasteiger partial charge in [-0.05, 0) is 118 Å². The molecule has 0 fully saturated rings. The van der Waals surface area contributed by atoms with Gasteiger partial charge in [0.1, 0.15) is 11.2 Å². The molecule has 0 aliphatic carbocycles. The Morgan fingerprint density at radius 3 is 1.64 bits per heavy atom. The summed E-state index contributed by atoms with van der Waals surface area (Å²) in [6, 6.07) is 40.7. The summed E-state index contributed by atoms with van der Waals surface area (Å²) in [5, 5.41) is 9.23. The van der Waals surface area contributed by atoms with Crippen molar-refractivity contribution < 1.29 is 18.1 Å². The third-order valence-electron chi connectivity index (χ3n) is 10.4. The summed E-state index contributed by atoms with van der Waals surface area (Å²) in [7, 11) is 0. The number of hydrogen-bond donors (Lipinski definition) is 0. The molecule has 1 nitrogen and oxygen atoms in total. The molecule has 53 heavy (non-hydrogen) atoms. The number of fused-ring (bicyclic) bond motifs is 8. The van der Waals surface area contributed by atoms with E-state index in [2.05, 4.69) is 42.5 Å². The van der Waals surface area contributed by atoms with Crippen LogP contribution in [0.4, 0.5) is 0 Å². The van der Waals surface area contributed by atoms with Crippen molar-refractivity contribution in [3.05, 3.63) is 194 Å². The van der Waals surface area contributed by atoms with Crippen molar-refractivity contribution in [3.8, 4) is 44.5 Å². The topological polar surface area (TPSA) is 13.1 Å². The van der Waals surface area contributed by atoms with Gasteiger partial charge >= 0.3 is 0 Å². The van der Waals surface area contributed by atoms with Crippen LogP contribution in [0.2, 0.25) is 0 Å². The summed E-state index contributed by atoms with van der Waals surface area (Å²) < 4.78 is 91.1. The molecule has 0 unspecified atom stereocenters. The predicted molar refractivity (Wildman–Crippen MR) is 225 cm³/mol. The Morgan fingerprint density at radius 1 is 0.340 bits per heavy atom. The minimum absolute atomic E-state index is 0.121. The summed E-state index contributed by atoms with van der Waals surface area (Å²) in [5.41, 5.74) is 6.48. The van der Waals surface area contributed by atoms with Crippen LogP contribution in [0.1, 0.15) is 13.7 Å². The Bertz CT molecular complexity index is 3700. The molecule has 0 amide bonds. The molecule has 0 spiro atoms. The maximum Gasteiger partial charge on any atom is 0.136 e. The van der Waals surface area contributed by atoms with Crippen molar-refractivity contribution >= 4 is 65.0 Å². The average Bonchev–Trinajstić information content (AvgIpc) is 3.69. The minimum atomic E-state index is -0.436. The maximum atomic E-state index is 8.96. The van der Waals surface area contributed by atoms with Gasteiger partial charge in [0.25, 0.3) is 0 Å². The van der Waals surface area contributed by atoms with Gasteiger partial charge in [-0.1, -0.05) is 164 Å². The molecule has 1 aromatic heterocycles. The molecular formula is C52H32O. The Balaban J connectivity index is 1.12. The molecule has 0 aliphatic heterocycles. The normalized spacial score (nSPS) is 14.4. The molecule has 0 radical (unpaired) electrons. The van der Waals surface area contributed by atoms with Crippen LogP contribution in [0.3, 0.4) is 0 Å². The van der Waals surface area contributed by atoms with Crippen LogP contribution in [0, 0.1) is 0 Å². The number of benzene rings is 10. The standard InChI is InChI=1S/C52H32O/c1-3-14-33(15-4-1)35-28-29-45-49(32-35)53-48-25-13-24-38(52(45)48)36-26-27-37-31-47(40-19-8-7-18-39(40)46(37)30-36)51-43-22-11-9-20-41(43)50(34-16-5-2-6-17-34)42-21-10-12-23-44(42)51/h1-32H/i1D,2D,3D,4D,5D,6D,14D,15D,16D,17D. The van der Waals surface area contributed by atoms with E-state index in [1.807, 2.05) is 78.9 Å². The summed E-state index contributed by atoms with van der Waals surface area (Å²) in [4.78, 5) is 0. The van der Waals surface area contributed by atoms with Crippen LogP contribution in [0.25, 0.3) is 110 Å². The molecule has 0 saturated heterocycles. The van der Waals surface area contributed by atoms with Crippen LogP contribution in [0.15, 0.2) is 198 Å². The lowest BCUT2D eigenvalue weighted by Crippen LogP contribution is -1.92. The van der Waals surface area contributed by atoms with E-state index >= 15 is 0 Å². The first-order chi connectivity index (χ1) is 30.4. The van der Waals surface area contributed by atoms with Crippen LogP contribution in [0.5, 0.6) is 0 Å². The number of rotatable bonds is 4. The van der Waals surface area contributed by atoms with Crippen molar-refractivity contribution in [1.29, 1.82) is 0 Å². The Hall–Kier alpha value is -6.96. The first-order valence-corrected chi connectivity index (χ1v) is 17.4. The first-order valence-electron chi connectivity index (χ1n) is 22.4. The second-order valence-corrected chi connectivity index (χ2v) is 13.2. The Labute approximate surface area is 321 Å². The summed E-state index contributed by atoms with van der Waals surface area (Å²) in [5.74, 6) is 0. The number of hydrogen-bond acceptors (Lipinski definition) is 1. The van der Waals surface area contributed by atoms with Gasteiger partial charge in [-0.2, -0.15) is 0 Å². The molecule has 1 heterocycles. The Morgan fingerprint density at radius 2 is 0.943 bits per heavy atom. The number of furan rings is 1. The molecule has 11 aromatic rings. The fraction of sp³-hybridized carbons (Fsp3) is 0.